The van der Waals surface area contributed by atoms with Gasteiger partial charge in [-0.25, -0.2) is 0 Å². The topological polar surface area (TPSA) is 106 Å². The predicted octanol–water partition coefficient (Wildman–Crippen LogP) is 2.62. The fraction of sp³-hybridized carbons (Fsp3) is 0.300. The first-order chi connectivity index (χ1) is 13.6. The lowest BCUT2D eigenvalue weighted by Crippen LogP contribution is -2.33. The zero-order valence-corrected chi connectivity index (χ0v) is 15.8. The van der Waals surface area contributed by atoms with Gasteiger partial charge in [-0.1, -0.05) is 41.6 Å². The van der Waals surface area contributed by atoms with Crippen molar-refractivity contribution in [1.82, 2.24) is 15.5 Å². The number of methoxy groups -OCH3 is 1. The molecule has 3 rings (SSSR count). The van der Waals surface area contributed by atoms with Crippen molar-refractivity contribution in [2.45, 2.75) is 25.9 Å². The molecule has 2 aromatic carbocycles. The number of benzene rings is 2. The van der Waals surface area contributed by atoms with Gasteiger partial charge in [0.15, 0.2) is 5.82 Å². The second-order valence-corrected chi connectivity index (χ2v) is 6.28. The number of ether oxygens (including phenoxy) is 1. The van der Waals surface area contributed by atoms with Gasteiger partial charge in [-0.2, -0.15) is 4.98 Å². The van der Waals surface area contributed by atoms with Gasteiger partial charge in [-0.15, -0.1) is 0 Å². The molecule has 3 aromatic rings. The summed E-state index contributed by atoms with van der Waals surface area (Å²) in [5.41, 5.74) is 0.711. The van der Waals surface area contributed by atoms with Gasteiger partial charge in [0.25, 0.3) is 0 Å². The first-order valence-electron chi connectivity index (χ1n) is 8.96. The highest BCUT2D eigenvalue weighted by Crippen LogP contribution is 2.22. The van der Waals surface area contributed by atoms with Crippen molar-refractivity contribution in [1.29, 1.82) is 0 Å². The van der Waals surface area contributed by atoms with Crippen LogP contribution in [0.1, 0.15) is 31.2 Å². The van der Waals surface area contributed by atoms with Gasteiger partial charge >= 0.3 is 0 Å². The van der Waals surface area contributed by atoms with Crippen LogP contribution in [0.3, 0.4) is 0 Å². The zero-order chi connectivity index (χ0) is 19.9. The molecule has 0 saturated carbocycles. The molecule has 0 radical (unpaired) electrons. The van der Waals surface area contributed by atoms with Crippen molar-refractivity contribution in [3.63, 3.8) is 0 Å². The van der Waals surface area contributed by atoms with E-state index in [0.29, 0.717) is 23.8 Å². The smallest absolute Gasteiger partial charge is 0.243 e. The third kappa shape index (κ3) is 4.92. The van der Waals surface area contributed by atoms with Gasteiger partial charge in [0.05, 0.1) is 6.54 Å². The molecule has 1 atom stereocenters. The third-order valence-corrected chi connectivity index (χ3v) is 4.28. The summed E-state index contributed by atoms with van der Waals surface area (Å²) in [4.78, 5) is 28.3. The molecule has 0 unspecified atom stereocenters. The summed E-state index contributed by atoms with van der Waals surface area (Å²) in [5, 5.41) is 11.2. The zero-order valence-electron chi connectivity index (χ0n) is 15.8. The van der Waals surface area contributed by atoms with E-state index in [2.05, 4.69) is 20.8 Å². The number of nitrogens with zero attached hydrogens (tertiary/aromatic N) is 2. The predicted molar refractivity (Wildman–Crippen MR) is 104 cm³/mol. The minimum absolute atomic E-state index is 0.113. The molecule has 8 heteroatoms. The highest BCUT2D eigenvalue weighted by Gasteiger charge is 2.14. The Labute approximate surface area is 162 Å². The van der Waals surface area contributed by atoms with Crippen LogP contribution in [0.2, 0.25) is 0 Å². The molecule has 1 heterocycles. The summed E-state index contributed by atoms with van der Waals surface area (Å²) >= 11 is 0. The summed E-state index contributed by atoms with van der Waals surface area (Å²) < 4.78 is 10.2. The molecule has 0 spiro atoms. The summed E-state index contributed by atoms with van der Waals surface area (Å²) in [5.74, 6) is 0.230. The standard InChI is InChI=1S/C20H22N4O4/c1-13(27-2)20-23-19(28-24-20)11-10-17(25)21-12-18(26)22-16-9-5-7-14-6-3-4-8-15(14)16/h3-9,13H,10-12H2,1-2H3,(H,21,25)(H,22,26)/t13-/m1/s1. The van der Waals surface area contributed by atoms with Crippen LogP contribution in [0.5, 0.6) is 0 Å². The molecule has 0 bridgehead atoms. The van der Waals surface area contributed by atoms with E-state index < -0.39 is 0 Å². The van der Waals surface area contributed by atoms with Crippen molar-refractivity contribution in [2.75, 3.05) is 19.0 Å². The van der Waals surface area contributed by atoms with E-state index in [4.69, 9.17) is 9.26 Å². The molecule has 0 aliphatic heterocycles. The maximum Gasteiger partial charge on any atom is 0.243 e. The van der Waals surface area contributed by atoms with Crippen LogP contribution in [0.4, 0.5) is 5.69 Å². The average molecular weight is 382 g/mol. The monoisotopic (exact) mass is 382 g/mol. The van der Waals surface area contributed by atoms with E-state index in [-0.39, 0.29) is 30.9 Å². The van der Waals surface area contributed by atoms with Crippen molar-refractivity contribution in [3.8, 4) is 0 Å². The maximum atomic E-state index is 12.2. The van der Waals surface area contributed by atoms with Gasteiger partial charge in [-0.3, -0.25) is 9.59 Å². The van der Waals surface area contributed by atoms with E-state index in [0.717, 1.165) is 10.8 Å². The van der Waals surface area contributed by atoms with Crippen LogP contribution in [0.15, 0.2) is 47.0 Å². The number of aromatic nitrogens is 2. The fourth-order valence-corrected chi connectivity index (χ4v) is 2.66. The number of hydrogen-bond donors (Lipinski definition) is 2. The van der Waals surface area contributed by atoms with Crippen molar-refractivity contribution < 1.29 is 18.8 Å². The Hall–Kier alpha value is -3.26. The highest BCUT2D eigenvalue weighted by atomic mass is 16.5. The second-order valence-electron chi connectivity index (χ2n) is 6.28. The Balaban J connectivity index is 1.46. The van der Waals surface area contributed by atoms with Crippen LogP contribution in [-0.2, 0) is 20.7 Å². The van der Waals surface area contributed by atoms with Crippen molar-refractivity contribution in [2.24, 2.45) is 0 Å². The quantitative estimate of drug-likeness (QED) is 0.620. The number of fused-ring (bicyclic) bond motifs is 1. The SMILES string of the molecule is CO[C@H](C)c1noc(CCC(=O)NCC(=O)Nc2cccc3ccccc23)n1. The van der Waals surface area contributed by atoms with E-state index in [1.165, 1.54) is 0 Å². The normalized spacial score (nSPS) is 11.9. The molecule has 8 nitrogen and oxygen atoms in total. The number of anilines is 1. The van der Waals surface area contributed by atoms with E-state index in [1.807, 2.05) is 42.5 Å². The average Bonchev–Trinajstić information content (AvgIpc) is 3.19. The summed E-state index contributed by atoms with van der Waals surface area (Å²) in [6, 6.07) is 13.4. The first kappa shape index (κ1) is 19.5. The molecule has 0 fully saturated rings. The van der Waals surface area contributed by atoms with E-state index in [1.54, 1.807) is 14.0 Å². The first-order valence-corrected chi connectivity index (χ1v) is 8.96. The molecular formula is C20H22N4O4. The van der Waals surface area contributed by atoms with Gasteiger partial charge in [0, 0.05) is 31.0 Å². The van der Waals surface area contributed by atoms with E-state index >= 15 is 0 Å². The summed E-state index contributed by atoms with van der Waals surface area (Å²) in [6.07, 6.45) is 0.161. The molecule has 28 heavy (non-hydrogen) atoms. The lowest BCUT2D eigenvalue weighted by Gasteiger charge is -2.09. The Morgan fingerprint density at radius 2 is 1.93 bits per heavy atom. The molecular weight excluding hydrogens is 360 g/mol. The van der Waals surface area contributed by atoms with E-state index in [9.17, 15) is 9.59 Å². The van der Waals surface area contributed by atoms with Gasteiger partial charge in [0.1, 0.15) is 6.10 Å². The van der Waals surface area contributed by atoms with Crippen LogP contribution in [-0.4, -0.2) is 35.6 Å². The number of carbonyl (C=O) groups excluding carboxylic acids is 2. The minimum Gasteiger partial charge on any atom is -0.374 e. The fourth-order valence-electron chi connectivity index (χ4n) is 2.66. The Bertz CT molecular complexity index is 964. The van der Waals surface area contributed by atoms with Crippen molar-refractivity contribution in [3.05, 3.63) is 54.2 Å². The Kier molecular flexibility index (Phi) is 6.33. The number of amides is 2. The molecule has 146 valence electrons. The molecule has 0 saturated heterocycles. The number of carbonyl (C=O) groups is 2. The van der Waals surface area contributed by atoms with Gasteiger partial charge < -0.3 is 19.9 Å². The Morgan fingerprint density at radius 1 is 1.14 bits per heavy atom. The third-order valence-electron chi connectivity index (χ3n) is 4.28. The molecule has 2 N–H and O–H groups in total. The van der Waals surface area contributed by atoms with Crippen molar-refractivity contribution >= 4 is 28.3 Å². The van der Waals surface area contributed by atoms with Crippen LogP contribution >= 0.6 is 0 Å². The number of aryl methyl sites for hydroxylation is 1. The maximum absolute atomic E-state index is 12.2. The molecule has 0 aliphatic rings. The van der Waals surface area contributed by atoms with Crippen LogP contribution < -0.4 is 10.6 Å². The minimum atomic E-state index is -0.293. The summed E-state index contributed by atoms with van der Waals surface area (Å²) in [7, 11) is 1.55. The van der Waals surface area contributed by atoms with Crippen LogP contribution in [0, 0.1) is 0 Å². The lowest BCUT2D eigenvalue weighted by atomic mass is 10.1. The second kappa shape index (κ2) is 9.09. The van der Waals surface area contributed by atoms with Crippen LogP contribution in [0.25, 0.3) is 10.8 Å². The summed E-state index contributed by atoms with van der Waals surface area (Å²) in [6.45, 7) is 1.69. The van der Waals surface area contributed by atoms with Gasteiger partial charge in [0.2, 0.25) is 17.7 Å². The number of hydrogen-bond acceptors (Lipinski definition) is 6. The Morgan fingerprint density at radius 3 is 2.75 bits per heavy atom. The lowest BCUT2D eigenvalue weighted by molar-refractivity contribution is -0.124. The molecule has 0 aliphatic carbocycles. The largest absolute Gasteiger partial charge is 0.374 e. The number of nitrogens with one attached hydrogen (secondary N) is 2. The molecule has 1 aromatic heterocycles. The molecule has 2 amide bonds. The van der Waals surface area contributed by atoms with Gasteiger partial charge in [-0.05, 0) is 18.4 Å². The highest BCUT2D eigenvalue weighted by molar-refractivity contribution is 6.03. The number of rotatable bonds is 8.